The van der Waals surface area contributed by atoms with Crippen molar-refractivity contribution >= 4 is 11.0 Å². The van der Waals surface area contributed by atoms with Crippen LogP contribution in [0.2, 0.25) is 0 Å². The highest BCUT2D eigenvalue weighted by atomic mass is 15.1. The molecule has 1 aromatic carbocycles. The quantitative estimate of drug-likeness (QED) is 0.789. The van der Waals surface area contributed by atoms with Crippen LogP contribution in [0, 0.1) is 0 Å². The molecule has 0 bridgehead atoms. The van der Waals surface area contributed by atoms with E-state index in [0.29, 0.717) is 0 Å². The smallest absolute Gasteiger partial charge is 0.0890 e. The Morgan fingerprint density at radius 3 is 2.59 bits per heavy atom. The molecule has 1 aliphatic heterocycles. The summed E-state index contributed by atoms with van der Waals surface area (Å²) in [5.41, 5.74) is 3.07. The molecule has 1 aliphatic rings. The van der Waals surface area contributed by atoms with E-state index in [1.165, 1.54) is 32.4 Å². The lowest BCUT2D eigenvalue weighted by Gasteiger charge is -2.25. The van der Waals surface area contributed by atoms with Crippen molar-refractivity contribution in [3.63, 3.8) is 0 Å². The fraction of sp³-hybridized carbons (Fsp3) is 0.429. The van der Waals surface area contributed by atoms with Gasteiger partial charge in [0.2, 0.25) is 0 Å². The molecular weight excluding hydrogens is 210 g/mol. The van der Waals surface area contributed by atoms with Crippen molar-refractivity contribution in [3.8, 4) is 0 Å². The number of fused-ring (bicyclic) bond motifs is 1. The zero-order valence-electron chi connectivity index (χ0n) is 9.97. The molecule has 0 unspecified atom stereocenters. The van der Waals surface area contributed by atoms with Gasteiger partial charge in [0.15, 0.2) is 0 Å². The molecule has 3 heteroatoms. The summed E-state index contributed by atoms with van der Waals surface area (Å²) in [6.45, 7) is 3.35. The van der Waals surface area contributed by atoms with Gasteiger partial charge in [0.1, 0.15) is 0 Å². The summed E-state index contributed by atoms with van der Waals surface area (Å²) in [5, 5.41) is 0. The second-order valence-corrected chi connectivity index (χ2v) is 4.69. The van der Waals surface area contributed by atoms with Gasteiger partial charge in [-0.1, -0.05) is 18.6 Å². The number of likely N-dealkylation sites (tertiary alicyclic amines) is 1. The minimum atomic E-state index is 0.942. The number of para-hydroxylation sites is 2. The van der Waals surface area contributed by atoms with Gasteiger partial charge in [-0.25, -0.2) is 4.98 Å². The molecule has 0 N–H and O–H groups in total. The molecule has 0 saturated carbocycles. The van der Waals surface area contributed by atoms with E-state index in [1.807, 2.05) is 30.5 Å². The number of hydrogen-bond donors (Lipinski definition) is 0. The Labute approximate surface area is 101 Å². The normalized spacial score (nSPS) is 17.4. The second kappa shape index (κ2) is 4.80. The maximum atomic E-state index is 4.67. The molecule has 0 spiro atoms. The van der Waals surface area contributed by atoms with Gasteiger partial charge in [-0.2, -0.15) is 0 Å². The Hall–Kier alpha value is -1.48. The van der Waals surface area contributed by atoms with E-state index in [2.05, 4.69) is 14.9 Å². The SMILES string of the molecule is c1ccc2nc(CN3CCCCC3)cnc2c1. The third kappa shape index (κ3) is 2.44. The van der Waals surface area contributed by atoms with E-state index < -0.39 is 0 Å². The minimum absolute atomic E-state index is 0.942. The van der Waals surface area contributed by atoms with Gasteiger partial charge in [-0.15, -0.1) is 0 Å². The first-order valence-electron chi connectivity index (χ1n) is 6.35. The van der Waals surface area contributed by atoms with Crippen LogP contribution in [0.15, 0.2) is 30.5 Å². The van der Waals surface area contributed by atoms with Crippen molar-refractivity contribution in [1.29, 1.82) is 0 Å². The molecule has 3 rings (SSSR count). The zero-order chi connectivity index (χ0) is 11.5. The van der Waals surface area contributed by atoms with Gasteiger partial charge in [0.05, 0.1) is 22.9 Å². The molecule has 2 aromatic rings. The number of benzene rings is 1. The molecule has 1 aromatic heterocycles. The van der Waals surface area contributed by atoms with Crippen LogP contribution in [0.25, 0.3) is 11.0 Å². The van der Waals surface area contributed by atoms with Crippen molar-refractivity contribution in [2.24, 2.45) is 0 Å². The monoisotopic (exact) mass is 227 g/mol. The third-order valence-corrected chi connectivity index (χ3v) is 3.33. The number of aromatic nitrogens is 2. The lowest BCUT2D eigenvalue weighted by molar-refractivity contribution is 0.218. The molecule has 0 aliphatic carbocycles. The molecule has 0 radical (unpaired) electrons. The van der Waals surface area contributed by atoms with Gasteiger partial charge < -0.3 is 0 Å². The Morgan fingerprint density at radius 2 is 1.76 bits per heavy atom. The van der Waals surface area contributed by atoms with Crippen molar-refractivity contribution in [2.75, 3.05) is 13.1 Å². The van der Waals surface area contributed by atoms with Gasteiger partial charge in [-0.05, 0) is 38.1 Å². The van der Waals surface area contributed by atoms with Crippen LogP contribution in [0.1, 0.15) is 25.0 Å². The fourth-order valence-corrected chi connectivity index (χ4v) is 2.42. The summed E-state index contributed by atoms with van der Waals surface area (Å²) in [7, 11) is 0. The predicted molar refractivity (Wildman–Crippen MR) is 68.7 cm³/mol. The van der Waals surface area contributed by atoms with E-state index in [-0.39, 0.29) is 0 Å². The highest BCUT2D eigenvalue weighted by Crippen LogP contribution is 2.13. The fourth-order valence-electron chi connectivity index (χ4n) is 2.42. The Bertz CT molecular complexity index is 504. The number of piperidine rings is 1. The van der Waals surface area contributed by atoms with Crippen molar-refractivity contribution in [1.82, 2.24) is 14.9 Å². The van der Waals surface area contributed by atoms with Crippen molar-refractivity contribution in [2.45, 2.75) is 25.8 Å². The Morgan fingerprint density at radius 1 is 1.00 bits per heavy atom. The van der Waals surface area contributed by atoms with E-state index in [0.717, 1.165) is 23.3 Å². The molecular formula is C14H17N3. The third-order valence-electron chi connectivity index (χ3n) is 3.33. The first-order chi connectivity index (χ1) is 8.42. The summed E-state index contributed by atoms with van der Waals surface area (Å²) in [5.74, 6) is 0. The summed E-state index contributed by atoms with van der Waals surface area (Å²) in [6.07, 6.45) is 5.93. The average molecular weight is 227 g/mol. The Kier molecular flexibility index (Phi) is 3.01. The standard InChI is InChI=1S/C14H17N3/c1-4-8-17(9-5-1)11-12-10-15-13-6-2-3-7-14(13)16-12/h2-3,6-7,10H,1,4-5,8-9,11H2. The first-order valence-corrected chi connectivity index (χ1v) is 6.35. The van der Waals surface area contributed by atoms with Crippen LogP contribution >= 0.6 is 0 Å². The van der Waals surface area contributed by atoms with Crippen LogP contribution in [0.5, 0.6) is 0 Å². The number of rotatable bonds is 2. The van der Waals surface area contributed by atoms with Gasteiger partial charge in [0.25, 0.3) is 0 Å². The molecule has 2 heterocycles. The molecule has 1 fully saturated rings. The lowest BCUT2D eigenvalue weighted by Crippen LogP contribution is -2.29. The van der Waals surface area contributed by atoms with Crippen LogP contribution in [0.4, 0.5) is 0 Å². The predicted octanol–water partition coefficient (Wildman–Crippen LogP) is 2.62. The van der Waals surface area contributed by atoms with Crippen LogP contribution in [-0.4, -0.2) is 28.0 Å². The Balaban J connectivity index is 1.80. The molecule has 17 heavy (non-hydrogen) atoms. The summed E-state index contributed by atoms with van der Waals surface area (Å²) < 4.78 is 0. The van der Waals surface area contributed by atoms with Crippen molar-refractivity contribution in [3.05, 3.63) is 36.2 Å². The van der Waals surface area contributed by atoms with E-state index in [1.54, 1.807) is 0 Å². The summed E-state index contributed by atoms with van der Waals surface area (Å²) in [4.78, 5) is 11.6. The maximum Gasteiger partial charge on any atom is 0.0890 e. The molecule has 0 amide bonds. The van der Waals surface area contributed by atoms with E-state index >= 15 is 0 Å². The molecule has 1 saturated heterocycles. The highest BCUT2D eigenvalue weighted by molar-refractivity contribution is 5.73. The average Bonchev–Trinajstić information content (AvgIpc) is 2.40. The zero-order valence-corrected chi connectivity index (χ0v) is 9.97. The largest absolute Gasteiger partial charge is 0.297 e. The van der Waals surface area contributed by atoms with Crippen molar-refractivity contribution < 1.29 is 0 Å². The van der Waals surface area contributed by atoms with Crippen LogP contribution < -0.4 is 0 Å². The number of hydrogen-bond acceptors (Lipinski definition) is 3. The lowest BCUT2D eigenvalue weighted by atomic mass is 10.1. The maximum absolute atomic E-state index is 4.67. The molecule has 0 atom stereocenters. The topological polar surface area (TPSA) is 29.0 Å². The van der Waals surface area contributed by atoms with Gasteiger partial charge >= 0.3 is 0 Å². The van der Waals surface area contributed by atoms with E-state index in [9.17, 15) is 0 Å². The second-order valence-electron chi connectivity index (χ2n) is 4.69. The molecule has 88 valence electrons. The molecule has 3 nitrogen and oxygen atoms in total. The number of nitrogens with zero attached hydrogens (tertiary/aromatic N) is 3. The van der Waals surface area contributed by atoms with Gasteiger partial charge in [-0.3, -0.25) is 9.88 Å². The van der Waals surface area contributed by atoms with Crippen LogP contribution in [0.3, 0.4) is 0 Å². The first kappa shape index (κ1) is 10.7. The van der Waals surface area contributed by atoms with Gasteiger partial charge in [0, 0.05) is 6.54 Å². The summed E-state index contributed by atoms with van der Waals surface area (Å²) >= 11 is 0. The highest BCUT2D eigenvalue weighted by Gasteiger charge is 2.11. The minimum Gasteiger partial charge on any atom is -0.297 e. The van der Waals surface area contributed by atoms with Crippen LogP contribution in [-0.2, 0) is 6.54 Å². The summed E-state index contributed by atoms with van der Waals surface area (Å²) in [6, 6.07) is 8.05. The van der Waals surface area contributed by atoms with E-state index in [4.69, 9.17) is 0 Å².